The highest BCUT2D eigenvalue weighted by molar-refractivity contribution is 7.91. The van der Waals surface area contributed by atoms with E-state index in [0.717, 1.165) is 44.2 Å². The second-order valence-electron chi connectivity index (χ2n) is 7.38. The molecule has 1 aliphatic carbocycles. The molecule has 1 fully saturated rings. The van der Waals surface area contributed by atoms with Gasteiger partial charge >= 0.3 is 0 Å². The summed E-state index contributed by atoms with van der Waals surface area (Å²) in [6, 6.07) is 10.3. The molecular formula is C20H23ClN2O5S2. The number of sulfone groups is 1. The number of carbonyl (C=O) groups is 1. The Labute approximate surface area is 181 Å². The molecular weight excluding hydrogens is 448 g/mol. The summed E-state index contributed by atoms with van der Waals surface area (Å²) < 4.78 is 50.0. The molecule has 2 aromatic carbocycles. The van der Waals surface area contributed by atoms with Gasteiger partial charge in [-0.05, 0) is 30.5 Å². The maximum atomic E-state index is 13.1. The van der Waals surface area contributed by atoms with Gasteiger partial charge in [0.1, 0.15) is 4.90 Å². The highest BCUT2D eigenvalue weighted by Gasteiger charge is 2.29. The maximum Gasteiger partial charge on any atom is 0.252 e. The summed E-state index contributed by atoms with van der Waals surface area (Å²) in [5, 5.41) is 7.68. The summed E-state index contributed by atoms with van der Waals surface area (Å²) in [6.07, 6.45) is 4.58. The first-order valence-electron chi connectivity index (χ1n) is 9.52. The van der Waals surface area contributed by atoms with E-state index in [9.17, 15) is 21.6 Å². The van der Waals surface area contributed by atoms with Crippen LogP contribution in [0.4, 0.5) is 0 Å². The molecule has 0 unspecified atom stereocenters. The third-order valence-corrected chi connectivity index (χ3v) is 8.16. The van der Waals surface area contributed by atoms with Gasteiger partial charge in [-0.25, -0.2) is 22.0 Å². The quantitative estimate of drug-likeness (QED) is 0.671. The number of benzene rings is 2. The van der Waals surface area contributed by atoms with Crippen molar-refractivity contribution in [2.45, 2.75) is 53.7 Å². The molecule has 0 heterocycles. The van der Waals surface area contributed by atoms with Crippen molar-refractivity contribution in [2.75, 3.05) is 0 Å². The van der Waals surface area contributed by atoms with E-state index >= 15 is 0 Å². The fourth-order valence-corrected chi connectivity index (χ4v) is 6.30. The molecule has 1 saturated carbocycles. The number of sulfonamides is 1. The molecule has 0 atom stereocenters. The first-order chi connectivity index (χ1) is 14.1. The summed E-state index contributed by atoms with van der Waals surface area (Å²) in [4.78, 5) is 12.2. The smallest absolute Gasteiger partial charge is 0.252 e. The van der Waals surface area contributed by atoms with Gasteiger partial charge in [0.05, 0.1) is 21.2 Å². The number of amides is 1. The molecule has 2 aromatic rings. The molecule has 1 amide bonds. The van der Waals surface area contributed by atoms with Crippen molar-refractivity contribution in [2.24, 2.45) is 5.14 Å². The van der Waals surface area contributed by atoms with Gasteiger partial charge in [-0.2, -0.15) is 0 Å². The van der Waals surface area contributed by atoms with E-state index in [2.05, 4.69) is 5.32 Å². The van der Waals surface area contributed by atoms with Crippen molar-refractivity contribution >= 4 is 37.4 Å². The van der Waals surface area contributed by atoms with Crippen LogP contribution in [0.5, 0.6) is 0 Å². The van der Waals surface area contributed by atoms with Crippen LogP contribution in [0.3, 0.4) is 0 Å². The Morgan fingerprint density at radius 1 is 1.00 bits per heavy atom. The second kappa shape index (κ2) is 9.05. The topological polar surface area (TPSA) is 123 Å². The van der Waals surface area contributed by atoms with E-state index in [-0.39, 0.29) is 27.3 Å². The van der Waals surface area contributed by atoms with Gasteiger partial charge in [0, 0.05) is 6.04 Å². The molecule has 0 aromatic heterocycles. The Hall–Kier alpha value is -1.94. The zero-order valence-electron chi connectivity index (χ0n) is 16.2. The molecule has 162 valence electrons. The minimum Gasteiger partial charge on any atom is -0.349 e. The predicted octanol–water partition coefficient (Wildman–Crippen LogP) is 3.02. The van der Waals surface area contributed by atoms with Gasteiger partial charge in [0.25, 0.3) is 5.91 Å². The lowest BCUT2D eigenvalue weighted by atomic mass is 9.95. The number of primary sulfonamides is 1. The van der Waals surface area contributed by atoms with Crippen LogP contribution in [-0.4, -0.2) is 28.8 Å². The molecule has 3 rings (SSSR count). The van der Waals surface area contributed by atoms with E-state index < -0.39 is 30.7 Å². The molecule has 0 bridgehead atoms. The van der Waals surface area contributed by atoms with E-state index in [1.54, 1.807) is 30.3 Å². The zero-order valence-corrected chi connectivity index (χ0v) is 18.6. The minimum atomic E-state index is -4.25. The Morgan fingerprint density at radius 2 is 1.63 bits per heavy atom. The molecule has 0 radical (unpaired) electrons. The van der Waals surface area contributed by atoms with Crippen LogP contribution in [0.2, 0.25) is 5.02 Å². The Bertz CT molecular complexity index is 1140. The number of nitrogens with one attached hydrogen (secondary N) is 1. The molecule has 3 N–H and O–H groups in total. The van der Waals surface area contributed by atoms with Gasteiger partial charge in [0.15, 0.2) is 9.84 Å². The number of hydrogen-bond acceptors (Lipinski definition) is 5. The van der Waals surface area contributed by atoms with Crippen molar-refractivity contribution in [3.05, 3.63) is 58.6 Å². The highest BCUT2D eigenvalue weighted by atomic mass is 35.5. The van der Waals surface area contributed by atoms with Gasteiger partial charge < -0.3 is 5.32 Å². The van der Waals surface area contributed by atoms with Crippen LogP contribution in [-0.2, 0) is 25.6 Å². The van der Waals surface area contributed by atoms with Crippen LogP contribution in [0.15, 0.2) is 52.3 Å². The number of hydrogen-bond donors (Lipinski definition) is 2. The Kier molecular flexibility index (Phi) is 6.86. The molecule has 7 nitrogen and oxygen atoms in total. The summed E-state index contributed by atoms with van der Waals surface area (Å²) in [6.45, 7) is 0. The van der Waals surface area contributed by atoms with Gasteiger partial charge in [-0.3, -0.25) is 4.79 Å². The monoisotopic (exact) mass is 470 g/mol. The fraction of sp³-hybridized carbons (Fsp3) is 0.350. The predicted molar refractivity (Wildman–Crippen MR) is 114 cm³/mol. The van der Waals surface area contributed by atoms with Crippen LogP contribution in [0.25, 0.3) is 0 Å². The van der Waals surface area contributed by atoms with E-state index in [4.69, 9.17) is 16.7 Å². The molecule has 0 saturated heterocycles. The highest BCUT2D eigenvalue weighted by Crippen LogP contribution is 2.30. The van der Waals surface area contributed by atoms with Gasteiger partial charge in [0.2, 0.25) is 10.0 Å². The summed E-state index contributed by atoms with van der Waals surface area (Å²) in [5.74, 6) is -1.02. The van der Waals surface area contributed by atoms with Gasteiger partial charge in [-0.1, -0.05) is 61.2 Å². The van der Waals surface area contributed by atoms with Crippen LogP contribution in [0, 0.1) is 0 Å². The SMILES string of the molecule is NS(=O)(=O)c1cc(C(=O)NC2CCCCC2)c(S(=O)(=O)Cc2ccccc2)cc1Cl. The Balaban J connectivity index is 2.06. The largest absolute Gasteiger partial charge is 0.349 e. The summed E-state index contributed by atoms with van der Waals surface area (Å²) >= 11 is 6.04. The standard InChI is InChI=1S/C20H23ClN2O5S2/c21-17-12-18(29(25,26)13-14-7-3-1-4-8-14)16(11-19(17)30(22,27)28)20(24)23-15-9-5-2-6-10-15/h1,3-4,7-8,11-12,15H,2,5-6,9-10,13H2,(H,23,24)(H2,22,27,28). The lowest BCUT2D eigenvalue weighted by Gasteiger charge is -2.23. The number of rotatable bonds is 6. The molecule has 0 spiro atoms. The maximum absolute atomic E-state index is 13.1. The summed E-state index contributed by atoms with van der Waals surface area (Å²) in [7, 11) is -8.25. The van der Waals surface area contributed by atoms with Crippen LogP contribution >= 0.6 is 11.6 Å². The minimum absolute atomic E-state index is 0.0930. The Morgan fingerprint density at radius 3 is 2.23 bits per heavy atom. The molecule has 10 heteroatoms. The van der Waals surface area contributed by atoms with E-state index in [0.29, 0.717) is 5.56 Å². The molecule has 1 aliphatic rings. The summed E-state index contributed by atoms with van der Waals surface area (Å²) in [5.41, 5.74) is 0.257. The van der Waals surface area contributed by atoms with Crippen molar-refractivity contribution < 1.29 is 21.6 Å². The number of halogens is 1. The van der Waals surface area contributed by atoms with E-state index in [1.165, 1.54) is 0 Å². The lowest BCUT2D eigenvalue weighted by molar-refractivity contribution is 0.0924. The number of carbonyl (C=O) groups excluding carboxylic acids is 1. The second-order valence-corrected chi connectivity index (χ2v) is 11.3. The van der Waals surface area contributed by atoms with Crippen LogP contribution < -0.4 is 10.5 Å². The third kappa shape index (κ3) is 5.40. The van der Waals surface area contributed by atoms with Crippen LogP contribution in [0.1, 0.15) is 48.0 Å². The van der Waals surface area contributed by atoms with Crippen molar-refractivity contribution in [1.29, 1.82) is 0 Å². The average molecular weight is 471 g/mol. The van der Waals surface area contributed by atoms with Crippen molar-refractivity contribution in [3.8, 4) is 0 Å². The average Bonchev–Trinajstić information content (AvgIpc) is 2.68. The first-order valence-corrected chi connectivity index (χ1v) is 13.1. The molecule has 30 heavy (non-hydrogen) atoms. The van der Waals surface area contributed by atoms with Crippen molar-refractivity contribution in [1.82, 2.24) is 5.32 Å². The van der Waals surface area contributed by atoms with E-state index in [1.807, 2.05) is 0 Å². The molecule has 0 aliphatic heterocycles. The van der Waals surface area contributed by atoms with Crippen molar-refractivity contribution in [3.63, 3.8) is 0 Å². The fourth-order valence-electron chi connectivity index (χ4n) is 3.57. The third-order valence-electron chi connectivity index (χ3n) is 5.06. The lowest BCUT2D eigenvalue weighted by Crippen LogP contribution is -2.37. The van der Waals surface area contributed by atoms with Gasteiger partial charge in [-0.15, -0.1) is 0 Å². The number of nitrogens with two attached hydrogens (primary N) is 1. The first kappa shape index (κ1) is 22.7. The normalized spacial score (nSPS) is 15.7. The zero-order chi connectivity index (χ0) is 21.9.